The summed E-state index contributed by atoms with van der Waals surface area (Å²) in [6, 6.07) is 30.8. The lowest BCUT2D eigenvalue weighted by Gasteiger charge is -2.44. The molecule has 0 aliphatic carbocycles. The molecule has 2 fully saturated rings. The predicted molar refractivity (Wildman–Crippen MR) is 187 cm³/mol. The molecule has 4 aromatic rings. The quantitative estimate of drug-likeness (QED) is 0.171. The van der Waals surface area contributed by atoms with E-state index in [-0.39, 0.29) is 17.2 Å². The summed E-state index contributed by atoms with van der Waals surface area (Å²) in [6.45, 7) is 6.42. The van der Waals surface area contributed by atoms with E-state index in [4.69, 9.17) is 9.47 Å². The van der Waals surface area contributed by atoms with Crippen LogP contribution in [0.2, 0.25) is 0 Å². The number of likely N-dealkylation sites (tertiary alicyclic amines) is 2. The van der Waals surface area contributed by atoms with Gasteiger partial charge in [0.2, 0.25) is 0 Å². The third-order valence-electron chi connectivity index (χ3n) is 10.4. The first kappa shape index (κ1) is 33.0. The molecule has 0 amide bonds. The topological polar surface area (TPSA) is 69.6 Å². The first-order valence-corrected chi connectivity index (χ1v) is 17.4. The molecule has 0 radical (unpaired) electrons. The summed E-state index contributed by atoms with van der Waals surface area (Å²) in [6.07, 6.45) is 4.88. The van der Waals surface area contributed by atoms with Crippen LogP contribution in [0.4, 0.5) is 14.5 Å². The number of hydrogen-bond acceptors (Lipinski definition) is 7. The van der Waals surface area contributed by atoms with Gasteiger partial charge in [0.1, 0.15) is 11.2 Å². The van der Waals surface area contributed by atoms with Gasteiger partial charge in [-0.15, -0.1) is 0 Å². The second-order valence-corrected chi connectivity index (χ2v) is 13.7. The normalized spacial score (nSPS) is 20.5. The molecule has 0 bridgehead atoms. The zero-order valence-electron chi connectivity index (χ0n) is 27.8. The Labute approximate surface area is 287 Å². The van der Waals surface area contributed by atoms with Gasteiger partial charge in [0, 0.05) is 77.1 Å². The monoisotopic (exact) mass is 666 g/mol. The Morgan fingerprint density at radius 2 is 1.16 bits per heavy atom. The van der Waals surface area contributed by atoms with Gasteiger partial charge in [0.05, 0.1) is 11.4 Å². The van der Waals surface area contributed by atoms with E-state index < -0.39 is 11.4 Å². The second-order valence-electron chi connectivity index (χ2n) is 13.7. The molecule has 2 spiro atoms. The average Bonchev–Trinajstić information content (AvgIpc) is 3.32. The molecule has 7 nitrogen and oxygen atoms in total. The van der Waals surface area contributed by atoms with Crippen molar-refractivity contribution in [2.45, 2.75) is 62.8 Å². The van der Waals surface area contributed by atoms with E-state index in [0.29, 0.717) is 23.4 Å². The van der Waals surface area contributed by atoms with E-state index in [1.807, 2.05) is 18.2 Å². The number of fused-ring (bicyclic) bond motifs is 2. The highest BCUT2D eigenvalue weighted by atomic mass is 19.1. The zero-order chi connectivity index (χ0) is 33.7. The van der Waals surface area contributed by atoms with Crippen LogP contribution in [0.1, 0.15) is 55.2 Å². The van der Waals surface area contributed by atoms with Gasteiger partial charge in [-0.2, -0.15) is 0 Å². The van der Waals surface area contributed by atoms with Crippen molar-refractivity contribution in [2.75, 3.05) is 38.0 Å². The molecule has 4 heterocycles. The largest absolute Gasteiger partial charge is 0.483 e. The highest BCUT2D eigenvalue weighted by molar-refractivity contribution is 6.04. The molecular weight excluding hydrogens is 622 g/mol. The van der Waals surface area contributed by atoms with Crippen LogP contribution in [0.3, 0.4) is 0 Å². The summed E-state index contributed by atoms with van der Waals surface area (Å²) in [7, 11) is 0. The zero-order valence-corrected chi connectivity index (χ0v) is 27.8. The van der Waals surface area contributed by atoms with Crippen molar-refractivity contribution in [2.24, 2.45) is 5.16 Å². The van der Waals surface area contributed by atoms with E-state index in [1.165, 1.54) is 23.3 Å². The van der Waals surface area contributed by atoms with Gasteiger partial charge in [-0.25, -0.2) is 8.78 Å². The lowest BCUT2D eigenvalue weighted by atomic mass is 9.82. The summed E-state index contributed by atoms with van der Waals surface area (Å²) in [5, 5.41) is 16.1. The molecule has 4 aliphatic heterocycles. The Morgan fingerprint density at radius 3 is 1.76 bits per heavy atom. The van der Waals surface area contributed by atoms with Crippen molar-refractivity contribution in [1.29, 1.82) is 0 Å². The number of piperidine rings is 2. The Balaban J connectivity index is 0.000000154. The fourth-order valence-electron chi connectivity index (χ4n) is 7.58. The summed E-state index contributed by atoms with van der Waals surface area (Å²) in [5.41, 5.74) is 3.75. The van der Waals surface area contributed by atoms with E-state index >= 15 is 0 Å². The third-order valence-corrected chi connectivity index (χ3v) is 10.4. The van der Waals surface area contributed by atoms with Crippen LogP contribution in [-0.2, 0) is 13.1 Å². The van der Waals surface area contributed by atoms with Crippen molar-refractivity contribution in [1.82, 2.24) is 9.80 Å². The van der Waals surface area contributed by atoms with E-state index in [2.05, 4.69) is 68.8 Å². The fraction of sp³-hybridized carbons (Fsp3) is 0.375. The fourth-order valence-corrected chi connectivity index (χ4v) is 7.58. The number of oxime groups is 1. The minimum Gasteiger partial charge on any atom is -0.483 e. The van der Waals surface area contributed by atoms with Crippen molar-refractivity contribution in [3.8, 4) is 11.5 Å². The van der Waals surface area contributed by atoms with E-state index in [9.17, 15) is 14.0 Å². The number of nitrogens with zero attached hydrogens (tertiary/aromatic N) is 3. The molecule has 8 rings (SSSR count). The minimum atomic E-state index is -0.482. The Kier molecular flexibility index (Phi) is 9.82. The SMILES string of the molecule is Fc1cccc2c1OC1(CCN2)CCN(Cc2ccccc2)CC1.O/N=C1/CC2(CCN(Cc3ccccc3)CC2)Oc2c(F)cccc21. The van der Waals surface area contributed by atoms with E-state index in [0.717, 1.165) is 83.6 Å². The van der Waals surface area contributed by atoms with Crippen LogP contribution < -0.4 is 14.8 Å². The summed E-state index contributed by atoms with van der Waals surface area (Å²) < 4.78 is 40.8. The number of ether oxygens (including phenoxy) is 2. The van der Waals surface area contributed by atoms with Crippen molar-refractivity contribution in [3.63, 3.8) is 0 Å². The second kappa shape index (κ2) is 14.6. The number of rotatable bonds is 4. The standard InChI is InChI=1S/C20H21FN2O2.C20H23FN2O/c21-17-8-4-7-16-18(22-24)13-20(25-19(16)17)9-11-23(12-10-20)14-15-5-2-1-3-6-15;21-17-7-4-8-18-19(17)24-20(9-12-22-18)10-13-23(14-11-20)15-16-5-2-1-3-6-16/h1-8,24H,9-14H2;1-8,22H,9-15H2/b22-18-;. The predicted octanol–water partition coefficient (Wildman–Crippen LogP) is 7.88. The molecule has 0 atom stereocenters. The van der Waals surface area contributed by atoms with Gasteiger partial charge in [-0.3, -0.25) is 9.80 Å². The van der Waals surface area contributed by atoms with Gasteiger partial charge in [-0.1, -0.05) is 78.0 Å². The average molecular weight is 667 g/mol. The lowest BCUT2D eigenvalue weighted by molar-refractivity contribution is -0.00436. The van der Waals surface area contributed by atoms with Crippen LogP contribution >= 0.6 is 0 Å². The number of benzene rings is 4. The Hall–Kier alpha value is -4.47. The summed E-state index contributed by atoms with van der Waals surface area (Å²) >= 11 is 0. The Bertz CT molecular complexity index is 1740. The highest BCUT2D eigenvalue weighted by Gasteiger charge is 2.43. The molecule has 49 heavy (non-hydrogen) atoms. The lowest BCUT2D eigenvalue weighted by Crippen LogP contribution is -2.51. The molecule has 4 aromatic carbocycles. The number of halogens is 2. The molecule has 4 aliphatic rings. The molecule has 256 valence electrons. The maximum atomic E-state index is 14.2. The Morgan fingerprint density at radius 1 is 0.633 bits per heavy atom. The van der Waals surface area contributed by atoms with Gasteiger partial charge >= 0.3 is 0 Å². The molecule has 9 heteroatoms. The maximum absolute atomic E-state index is 14.2. The number of para-hydroxylation sites is 2. The van der Waals surface area contributed by atoms with Gasteiger partial charge in [0.25, 0.3) is 0 Å². The number of anilines is 1. The van der Waals surface area contributed by atoms with Crippen LogP contribution in [0, 0.1) is 11.6 Å². The van der Waals surface area contributed by atoms with Gasteiger partial charge in [0.15, 0.2) is 23.1 Å². The summed E-state index contributed by atoms with van der Waals surface area (Å²) in [4.78, 5) is 4.85. The number of nitrogens with one attached hydrogen (secondary N) is 1. The first-order valence-electron chi connectivity index (χ1n) is 17.4. The van der Waals surface area contributed by atoms with Crippen molar-refractivity contribution < 1.29 is 23.5 Å². The van der Waals surface area contributed by atoms with Crippen LogP contribution in [-0.4, -0.2) is 64.6 Å². The smallest absolute Gasteiger partial charge is 0.178 e. The molecule has 0 aromatic heterocycles. The highest BCUT2D eigenvalue weighted by Crippen LogP contribution is 2.42. The van der Waals surface area contributed by atoms with E-state index in [1.54, 1.807) is 18.2 Å². The molecular formula is C40H44F2N4O3. The first-order chi connectivity index (χ1) is 23.9. The van der Waals surface area contributed by atoms with Gasteiger partial charge in [-0.05, 0) is 48.2 Å². The minimum absolute atomic E-state index is 0.220. The molecule has 0 unspecified atom stereocenters. The van der Waals surface area contributed by atoms with Gasteiger partial charge < -0.3 is 20.0 Å². The van der Waals surface area contributed by atoms with Crippen LogP contribution in [0.25, 0.3) is 0 Å². The molecule has 2 saturated heterocycles. The maximum Gasteiger partial charge on any atom is 0.178 e. The molecule has 0 saturated carbocycles. The van der Waals surface area contributed by atoms with Crippen LogP contribution in [0.15, 0.2) is 102 Å². The van der Waals surface area contributed by atoms with Crippen molar-refractivity contribution in [3.05, 3.63) is 125 Å². The third kappa shape index (κ3) is 7.58. The summed E-state index contributed by atoms with van der Waals surface area (Å²) in [5.74, 6) is -0.0537. The molecule has 2 N–H and O–H groups in total. The van der Waals surface area contributed by atoms with Crippen molar-refractivity contribution >= 4 is 11.4 Å². The number of hydrogen-bond donors (Lipinski definition) is 2. The van der Waals surface area contributed by atoms with Crippen LogP contribution in [0.5, 0.6) is 11.5 Å².